The molecule has 94 valence electrons. The lowest BCUT2D eigenvalue weighted by Crippen LogP contribution is -2.18. The number of hydrogen-bond acceptors (Lipinski definition) is 1. The van der Waals surface area contributed by atoms with Crippen molar-refractivity contribution in [2.24, 2.45) is 0 Å². The number of halogens is 1. The van der Waals surface area contributed by atoms with E-state index in [2.05, 4.69) is 48.6 Å². The highest BCUT2D eigenvalue weighted by Crippen LogP contribution is 2.20. The average molecular weight is 260 g/mol. The molecular weight excluding hydrogens is 242 g/mol. The SMILES string of the molecule is CNC(Cc1ccc(Cl)cc1)c1cccc(C)c1. The molecule has 1 nitrogen and oxygen atoms in total. The molecule has 1 atom stereocenters. The average Bonchev–Trinajstić information content (AvgIpc) is 2.38. The third kappa shape index (κ3) is 3.34. The number of nitrogens with one attached hydrogen (secondary N) is 1. The Labute approximate surface area is 114 Å². The number of aryl methyl sites for hydroxylation is 1. The first-order valence-corrected chi connectivity index (χ1v) is 6.55. The van der Waals surface area contributed by atoms with E-state index in [0.29, 0.717) is 6.04 Å². The quantitative estimate of drug-likeness (QED) is 0.870. The van der Waals surface area contributed by atoms with Crippen LogP contribution < -0.4 is 5.32 Å². The van der Waals surface area contributed by atoms with Crippen LogP contribution in [0.4, 0.5) is 0 Å². The van der Waals surface area contributed by atoms with Crippen molar-refractivity contribution in [2.45, 2.75) is 19.4 Å². The van der Waals surface area contributed by atoms with Crippen molar-refractivity contribution < 1.29 is 0 Å². The second kappa shape index (κ2) is 6.03. The molecule has 0 bridgehead atoms. The summed E-state index contributed by atoms with van der Waals surface area (Å²) in [6.07, 6.45) is 0.969. The molecule has 18 heavy (non-hydrogen) atoms. The Morgan fingerprint density at radius 2 is 1.83 bits per heavy atom. The summed E-state index contributed by atoms with van der Waals surface area (Å²) in [6, 6.07) is 17.0. The van der Waals surface area contributed by atoms with Gasteiger partial charge in [-0.2, -0.15) is 0 Å². The first-order valence-electron chi connectivity index (χ1n) is 6.17. The molecule has 2 heteroatoms. The zero-order valence-corrected chi connectivity index (χ0v) is 11.5. The van der Waals surface area contributed by atoms with Gasteiger partial charge in [-0.05, 0) is 43.7 Å². The van der Waals surface area contributed by atoms with Crippen molar-refractivity contribution in [3.63, 3.8) is 0 Å². The van der Waals surface area contributed by atoms with E-state index in [1.165, 1.54) is 16.7 Å². The molecule has 0 aliphatic carbocycles. The fourth-order valence-electron chi connectivity index (χ4n) is 2.13. The smallest absolute Gasteiger partial charge is 0.0406 e. The molecule has 0 aromatic heterocycles. The van der Waals surface area contributed by atoms with Crippen LogP contribution in [0.5, 0.6) is 0 Å². The Bertz CT molecular complexity index is 505. The van der Waals surface area contributed by atoms with Gasteiger partial charge in [0.05, 0.1) is 0 Å². The predicted molar refractivity (Wildman–Crippen MR) is 78.1 cm³/mol. The van der Waals surface area contributed by atoms with Crippen LogP contribution in [0.2, 0.25) is 5.02 Å². The van der Waals surface area contributed by atoms with E-state index in [0.717, 1.165) is 11.4 Å². The minimum absolute atomic E-state index is 0.339. The summed E-state index contributed by atoms with van der Waals surface area (Å²) in [5.74, 6) is 0. The molecule has 1 unspecified atom stereocenters. The highest BCUT2D eigenvalue weighted by molar-refractivity contribution is 6.30. The van der Waals surface area contributed by atoms with Crippen LogP contribution in [-0.2, 0) is 6.42 Å². The monoisotopic (exact) mass is 259 g/mol. The van der Waals surface area contributed by atoms with Crippen LogP contribution in [0.15, 0.2) is 48.5 Å². The van der Waals surface area contributed by atoms with Gasteiger partial charge in [-0.25, -0.2) is 0 Å². The first-order chi connectivity index (χ1) is 8.69. The van der Waals surface area contributed by atoms with Gasteiger partial charge in [-0.3, -0.25) is 0 Å². The molecule has 0 saturated carbocycles. The maximum Gasteiger partial charge on any atom is 0.0406 e. The van der Waals surface area contributed by atoms with Crippen LogP contribution in [0, 0.1) is 6.92 Å². The van der Waals surface area contributed by atoms with Gasteiger partial charge >= 0.3 is 0 Å². The summed E-state index contributed by atoms with van der Waals surface area (Å²) >= 11 is 5.90. The number of likely N-dealkylation sites (N-methyl/N-ethyl adjacent to an activating group) is 1. The van der Waals surface area contributed by atoms with E-state index >= 15 is 0 Å². The van der Waals surface area contributed by atoms with E-state index in [1.54, 1.807) is 0 Å². The molecule has 0 amide bonds. The zero-order chi connectivity index (χ0) is 13.0. The predicted octanol–water partition coefficient (Wildman–Crippen LogP) is 4.15. The lowest BCUT2D eigenvalue weighted by atomic mass is 9.98. The Morgan fingerprint density at radius 3 is 2.44 bits per heavy atom. The second-order valence-electron chi connectivity index (χ2n) is 4.59. The fraction of sp³-hybridized carbons (Fsp3) is 0.250. The molecule has 2 rings (SSSR count). The van der Waals surface area contributed by atoms with Gasteiger partial charge in [-0.15, -0.1) is 0 Å². The summed E-state index contributed by atoms with van der Waals surface area (Å²) in [5.41, 5.74) is 3.91. The molecule has 2 aromatic rings. The molecular formula is C16H18ClN. The summed E-state index contributed by atoms with van der Waals surface area (Å²) in [5, 5.41) is 4.16. The van der Waals surface area contributed by atoms with Crippen molar-refractivity contribution >= 4 is 11.6 Å². The van der Waals surface area contributed by atoms with Crippen molar-refractivity contribution in [1.29, 1.82) is 0 Å². The zero-order valence-electron chi connectivity index (χ0n) is 10.8. The van der Waals surface area contributed by atoms with Crippen LogP contribution in [0.1, 0.15) is 22.7 Å². The molecule has 0 aliphatic rings. The van der Waals surface area contributed by atoms with Gasteiger partial charge in [-0.1, -0.05) is 53.6 Å². The number of rotatable bonds is 4. The Hall–Kier alpha value is -1.31. The van der Waals surface area contributed by atoms with E-state index < -0.39 is 0 Å². The number of benzene rings is 2. The van der Waals surface area contributed by atoms with Crippen molar-refractivity contribution in [3.8, 4) is 0 Å². The van der Waals surface area contributed by atoms with Gasteiger partial charge in [0.1, 0.15) is 0 Å². The third-order valence-corrected chi connectivity index (χ3v) is 3.40. The van der Waals surface area contributed by atoms with Crippen molar-refractivity contribution in [2.75, 3.05) is 7.05 Å². The Morgan fingerprint density at radius 1 is 1.11 bits per heavy atom. The van der Waals surface area contributed by atoms with Crippen LogP contribution in [-0.4, -0.2) is 7.05 Å². The van der Waals surface area contributed by atoms with Gasteiger partial charge < -0.3 is 5.32 Å². The van der Waals surface area contributed by atoms with Crippen LogP contribution in [0.25, 0.3) is 0 Å². The molecule has 0 spiro atoms. The standard InChI is InChI=1S/C16H18ClN/c1-12-4-3-5-14(10-12)16(18-2)11-13-6-8-15(17)9-7-13/h3-10,16,18H,11H2,1-2H3. The molecule has 0 aliphatic heterocycles. The van der Waals surface area contributed by atoms with Crippen molar-refractivity contribution in [1.82, 2.24) is 5.32 Å². The molecule has 0 heterocycles. The van der Waals surface area contributed by atoms with Crippen molar-refractivity contribution in [3.05, 3.63) is 70.2 Å². The maximum atomic E-state index is 5.90. The Balaban J connectivity index is 2.17. The molecule has 0 saturated heterocycles. The lowest BCUT2D eigenvalue weighted by molar-refractivity contribution is 0.592. The third-order valence-electron chi connectivity index (χ3n) is 3.15. The topological polar surface area (TPSA) is 12.0 Å². The molecule has 1 N–H and O–H groups in total. The highest BCUT2D eigenvalue weighted by Gasteiger charge is 2.09. The van der Waals surface area contributed by atoms with Gasteiger partial charge in [0.15, 0.2) is 0 Å². The molecule has 0 radical (unpaired) electrons. The fourth-order valence-corrected chi connectivity index (χ4v) is 2.26. The summed E-state index contributed by atoms with van der Waals surface area (Å²) in [6.45, 7) is 2.12. The highest BCUT2D eigenvalue weighted by atomic mass is 35.5. The van der Waals surface area contributed by atoms with E-state index in [1.807, 2.05) is 19.2 Å². The number of hydrogen-bond donors (Lipinski definition) is 1. The second-order valence-corrected chi connectivity index (χ2v) is 5.02. The van der Waals surface area contributed by atoms with Crippen LogP contribution in [0.3, 0.4) is 0 Å². The minimum atomic E-state index is 0.339. The van der Waals surface area contributed by atoms with Gasteiger partial charge in [0, 0.05) is 11.1 Å². The summed E-state index contributed by atoms with van der Waals surface area (Å²) in [7, 11) is 2.00. The lowest BCUT2D eigenvalue weighted by Gasteiger charge is -2.17. The molecule has 0 fully saturated rings. The largest absolute Gasteiger partial charge is 0.313 e. The normalized spacial score (nSPS) is 12.4. The van der Waals surface area contributed by atoms with E-state index in [4.69, 9.17) is 11.6 Å². The summed E-state index contributed by atoms with van der Waals surface area (Å²) in [4.78, 5) is 0. The summed E-state index contributed by atoms with van der Waals surface area (Å²) < 4.78 is 0. The van der Waals surface area contributed by atoms with E-state index in [9.17, 15) is 0 Å². The minimum Gasteiger partial charge on any atom is -0.313 e. The van der Waals surface area contributed by atoms with Crippen LogP contribution >= 0.6 is 11.6 Å². The van der Waals surface area contributed by atoms with Gasteiger partial charge in [0.25, 0.3) is 0 Å². The molecule has 2 aromatic carbocycles. The maximum absolute atomic E-state index is 5.90. The van der Waals surface area contributed by atoms with Gasteiger partial charge in [0.2, 0.25) is 0 Å². The van der Waals surface area contributed by atoms with E-state index in [-0.39, 0.29) is 0 Å². The first kappa shape index (κ1) is 13.1. The Kier molecular flexibility index (Phi) is 4.40.